The molecule has 0 saturated heterocycles. The third-order valence-corrected chi connectivity index (χ3v) is 3.96. The summed E-state index contributed by atoms with van der Waals surface area (Å²) in [6, 6.07) is 5.51. The van der Waals surface area contributed by atoms with Crippen LogP contribution in [0.5, 0.6) is 0 Å². The number of hydrogen-bond donors (Lipinski definition) is 2. The van der Waals surface area contributed by atoms with Crippen LogP contribution in [0.2, 0.25) is 0 Å². The highest BCUT2D eigenvalue weighted by atomic mass is 32.2. The summed E-state index contributed by atoms with van der Waals surface area (Å²) in [5.41, 5.74) is 8.80. The quantitative estimate of drug-likeness (QED) is 0.588. The molecule has 2 aromatic carbocycles. The van der Waals surface area contributed by atoms with E-state index in [2.05, 4.69) is 0 Å². The van der Waals surface area contributed by atoms with E-state index in [1.54, 1.807) is 0 Å². The van der Waals surface area contributed by atoms with Crippen molar-refractivity contribution in [1.29, 1.82) is 0 Å². The summed E-state index contributed by atoms with van der Waals surface area (Å²) in [6.07, 6.45) is -9.43. The van der Waals surface area contributed by atoms with Gasteiger partial charge in [-0.05, 0) is 36.4 Å². The first kappa shape index (κ1) is 17.3. The van der Waals surface area contributed by atoms with Crippen molar-refractivity contribution in [2.24, 2.45) is 0 Å². The standard InChI is InChI=1S/C14H10F6N2S/c15-13(16,17)9-3-1-7(21)5-11(9)23-12-6-8(22)2-4-10(12)14(18,19)20/h1-6H,21-22H2. The number of alkyl halides is 6. The largest absolute Gasteiger partial charge is 0.417 e. The van der Waals surface area contributed by atoms with Crippen LogP contribution in [0.3, 0.4) is 0 Å². The average molecular weight is 352 g/mol. The molecule has 124 valence electrons. The molecule has 0 aromatic heterocycles. The van der Waals surface area contributed by atoms with E-state index in [1.807, 2.05) is 0 Å². The van der Waals surface area contributed by atoms with Gasteiger partial charge in [-0.15, -0.1) is 0 Å². The number of halogens is 6. The fourth-order valence-electron chi connectivity index (χ4n) is 1.83. The Morgan fingerprint density at radius 1 is 0.652 bits per heavy atom. The normalized spacial score (nSPS) is 12.4. The summed E-state index contributed by atoms with van der Waals surface area (Å²) in [5, 5.41) is 0. The second-order valence-corrected chi connectivity index (χ2v) is 5.69. The Labute approximate surface area is 131 Å². The lowest BCUT2D eigenvalue weighted by Gasteiger charge is -2.16. The molecular weight excluding hydrogens is 342 g/mol. The molecule has 0 aliphatic rings. The Morgan fingerprint density at radius 2 is 1.00 bits per heavy atom. The summed E-state index contributed by atoms with van der Waals surface area (Å²) < 4.78 is 78.0. The van der Waals surface area contributed by atoms with E-state index < -0.39 is 33.3 Å². The summed E-state index contributed by atoms with van der Waals surface area (Å²) in [4.78, 5) is -0.845. The van der Waals surface area contributed by atoms with Crippen molar-refractivity contribution in [3.05, 3.63) is 47.5 Å². The zero-order valence-corrected chi connectivity index (χ0v) is 12.1. The van der Waals surface area contributed by atoms with Crippen LogP contribution in [-0.4, -0.2) is 0 Å². The molecule has 0 bridgehead atoms. The van der Waals surface area contributed by atoms with Crippen LogP contribution in [0, 0.1) is 0 Å². The molecule has 0 unspecified atom stereocenters. The van der Waals surface area contributed by atoms with Gasteiger partial charge >= 0.3 is 12.4 Å². The first-order valence-electron chi connectivity index (χ1n) is 6.10. The molecule has 0 atom stereocenters. The Bertz CT molecular complexity index is 663. The molecule has 23 heavy (non-hydrogen) atoms. The Hall–Kier alpha value is -2.03. The van der Waals surface area contributed by atoms with Gasteiger partial charge in [0.2, 0.25) is 0 Å². The molecule has 0 amide bonds. The van der Waals surface area contributed by atoms with Crippen molar-refractivity contribution >= 4 is 23.1 Å². The van der Waals surface area contributed by atoms with Crippen molar-refractivity contribution in [3.8, 4) is 0 Å². The molecule has 0 fully saturated rings. The highest BCUT2D eigenvalue weighted by molar-refractivity contribution is 7.99. The van der Waals surface area contributed by atoms with Gasteiger partial charge in [0.15, 0.2) is 0 Å². The monoisotopic (exact) mass is 352 g/mol. The van der Waals surface area contributed by atoms with Crippen molar-refractivity contribution < 1.29 is 26.3 Å². The molecule has 0 radical (unpaired) electrons. The molecule has 0 aliphatic heterocycles. The molecule has 9 heteroatoms. The molecule has 4 N–H and O–H groups in total. The predicted octanol–water partition coefficient (Wildman–Crippen LogP) is 5.04. The first-order chi connectivity index (χ1) is 10.5. The lowest BCUT2D eigenvalue weighted by molar-refractivity contribution is -0.140. The SMILES string of the molecule is Nc1ccc(C(F)(F)F)c(Sc2cc(N)ccc2C(F)(F)F)c1. The fraction of sp³-hybridized carbons (Fsp3) is 0.143. The van der Waals surface area contributed by atoms with Crippen LogP contribution in [0.1, 0.15) is 11.1 Å². The van der Waals surface area contributed by atoms with Gasteiger partial charge in [0.05, 0.1) is 11.1 Å². The highest BCUT2D eigenvalue weighted by Crippen LogP contribution is 2.44. The minimum Gasteiger partial charge on any atom is -0.399 e. The molecule has 2 rings (SSSR count). The maximum atomic E-state index is 13.0. The minimum absolute atomic E-state index is 0.0120. The molecule has 0 saturated carbocycles. The Kier molecular flexibility index (Phi) is 4.43. The number of nitrogens with two attached hydrogens (primary N) is 2. The van der Waals surface area contributed by atoms with Crippen LogP contribution >= 0.6 is 11.8 Å². The van der Waals surface area contributed by atoms with Gasteiger partial charge in [-0.1, -0.05) is 11.8 Å². The van der Waals surface area contributed by atoms with Crippen LogP contribution in [0.25, 0.3) is 0 Å². The van der Waals surface area contributed by atoms with E-state index in [-0.39, 0.29) is 11.4 Å². The smallest absolute Gasteiger partial charge is 0.399 e. The number of hydrogen-bond acceptors (Lipinski definition) is 3. The lowest BCUT2D eigenvalue weighted by atomic mass is 10.2. The van der Waals surface area contributed by atoms with E-state index in [0.29, 0.717) is 11.8 Å². The Balaban J connectivity index is 2.56. The van der Waals surface area contributed by atoms with Crippen molar-refractivity contribution in [2.45, 2.75) is 22.1 Å². The topological polar surface area (TPSA) is 52.0 Å². The van der Waals surface area contributed by atoms with Gasteiger partial charge in [-0.3, -0.25) is 0 Å². The van der Waals surface area contributed by atoms with Crippen LogP contribution in [0.15, 0.2) is 46.2 Å². The van der Waals surface area contributed by atoms with Gasteiger partial charge < -0.3 is 11.5 Å². The van der Waals surface area contributed by atoms with E-state index in [0.717, 1.165) is 36.4 Å². The van der Waals surface area contributed by atoms with Crippen LogP contribution < -0.4 is 11.5 Å². The van der Waals surface area contributed by atoms with Gasteiger partial charge in [0.25, 0.3) is 0 Å². The fourth-order valence-corrected chi connectivity index (χ4v) is 3.05. The highest BCUT2D eigenvalue weighted by Gasteiger charge is 2.36. The van der Waals surface area contributed by atoms with Crippen molar-refractivity contribution in [1.82, 2.24) is 0 Å². The second-order valence-electron chi connectivity index (χ2n) is 4.61. The summed E-state index contributed by atoms with van der Waals surface area (Å²) in [5.74, 6) is 0. The lowest BCUT2D eigenvalue weighted by Crippen LogP contribution is -2.09. The molecule has 2 nitrogen and oxygen atoms in total. The maximum absolute atomic E-state index is 13.0. The van der Waals surface area contributed by atoms with Crippen LogP contribution in [0.4, 0.5) is 37.7 Å². The first-order valence-corrected chi connectivity index (χ1v) is 6.91. The number of anilines is 2. The number of rotatable bonds is 2. The van der Waals surface area contributed by atoms with E-state index in [1.165, 1.54) is 0 Å². The van der Waals surface area contributed by atoms with E-state index in [9.17, 15) is 26.3 Å². The van der Waals surface area contributed by atoms with Crippen molar-refractivity contribution in [2.75, 3.05) is 11.5 Å². The molecular formula is C14H10F6N2S. The zero-order valence-electron chi connectivity index (χ0n) is 11.3. The number of nitrogen functional groups attached to an aromatic ring is 2. The third kappa shape index (κ3) is 4.04. The molecule has 0 heterocycles. The van der Waals surface area contributed by atoms with Gasteiger partial charge in [0.1, 0.15) is 0 Å². The second kappa shape index (κ2) is 5.88. The van der Waals surface area contributed by atoms with E-state index in [4.69, 9.17) is 11.5 Å². The van der Waals surface area contributed by atoms with E-state index >= 15 is 0 Å². The Morgan fingerprint density at radius 3 is 1.30 bits per heavy atom. The third-order valence-electron chi connectivity index (χ3n) is 2.84. The maximum Gasteiger partial charge on any atom is 0.417 e. The van der Waals surface area contributed by atoms with Gasteiger partial charge in [-0.2, -0.15) is 26.3 Å². The predicted molar refractivity (Wildman–Crippen MR) is 75.8 cm³/mol. The molecule has 0 spiro atoms. The van der Waals surface area contributed by atoms with Gasteiger partial charge in [0, 0.05) is 21.2 Å². The number of benzene rings is 2. The zero-order chi connectivity index (χ0) is 17.4. The molecule has 2 aromatic rings. The minimum atomic E-state index is -4.71. The van der Waals surface area contributed by atoms with Crippen LogP contribution in [-0.2, 0) is 12.4 Å². The summed E-state index contributed by atoms with van der Waals surface area (Å²) in [6.45, 7) is 0. The summed E-state index contributed by atoms with van der Waals surface area (Å²) in [7, 11) is 0. The average Bonchev–Trinajstić information content (AvgIpc) is 2.35. The summed E-state index contributed by atoms with van der Waals surface area (Å²) >= 11 is 0.323. The van der Waals surface area contributed by atoms with Crippen molar-refractivity contribution in [3.63, 3.8) is 0 Å². The molecule has 0 aliphatic carbocycles. The van der Waals surface area contributed by atoms with Gasteiger partial charge in [-0.25, -0.2) is 0 Å².